The summed E-state index contributed by atoms with van der Waals surface area (Å²) >= 11 is 13.7. The molecule has 0 aliphatic rings. The first-order valence-corrected chi connectivity index (χ1v) is 10.5. The van der Waals surface area contributed by atoms with Gasteiger partial charge in [0.05, 0.1) is 10.7 Å². The van der Waals surface area contributed by atoms with Crippen LogP contribution >= 0.6 is 34.5 Å². The van der Waals surface area contributed by atoms with Crippen LogP contribution in [0.5, 0.6) is 0 Å². The molecule has 4 aromatic rings. The Bertz CT molecular complexity index is 1170. The zero-order valence-corrected chi connectivity index (χ0v) is 17.8. The number of nitrogens with zero attached hydrogens (tertiary/aromatic N) is 1. The predicted molar refractivity (Wildman–Crippen MR) is 122 cm³/mol. The number of aromatic nitrogens is 1. The molecule has 0 atom stereocenters. The van der Waals surface area contributed by atoms with Crippen LogP contribution in [-0.2, 0) is 0 Å². The van der Waals surface area contributed by atoms with E-state index in [-0.39, 0.29) is 5.91 Å². The van der Waals surface area contributed by atoms with Crippen molar-refractivity contribution < 1.29 is 4.79 Å². The Morgan fingerprint density at radius 2 is 1.62 bits per heavy atom. The summed E-state index contributed by atoms with van der Waals surface area (Å²) in [4.78, 5) is 18.2. The Kier molecular flexibility index (Phi) is 5.67. The quantitative estimate of drug-likeness (QED) is 0.361. The molecule has 0 spiro atoms. The highest BCUT2D eigenvalue weighted by molar-refractivity contribution is 7.16. The Morgan fingerprint density at radius 1 is 0.931 bits per heavy atom. The van der Waals surface area contributed by atoms with Crippen molar-refractivity contribution >= 4 is 45.6 Å². The van der Waals surface area contributed by atoms with E-state index < -0.39 is 0 Å². The molecular formula is C23H16Cl2N2OS. The van der Waals surface area contributed by atoms with Crippen molar-refractivity contribution in [2.24, 2.45) is 0 Å². The Balaban J connectivity index is 1.53. The van der Waals surface area contributed by atoms with Gasteiger partial charge in [0, 0.05) is 21.0 Å². The van der Waals surface area contributed by atoms with Crippen molar-refractivity contribution in [2.45, 2.75) is 6.92 Å². The normalized spacial score (nSPS) is 10.7. The fraction of sp³-hybridized carbons (Fsp3) is 0.0435. The molecule has 4 rings (SSSR count). The smallest absolute Gasteiger partial charge is 0.257 e. The average Bonchev–Trinajstić information content (AvgIpc) is 3.08. The summed E-state index contributed by atoms with van der Waals surface area (Å²) < 4.78 is 0. The van der Waals surface area contributed by atoms with E-state index in [9.17, 15) is 4.79 Å². The van der Waals surface area contributed by atoms with Crippen molar-refractivity contribution in [3.05, 3.63) is 93.3 Å². The van der Waals surface area contributed by atoms with Crippen LogP contribution in [0.15, 0.2) is 72.8 Å². The lowest BCUT2D eigenvalue weighted by molar-refractivity contribution is 0.102. The molecule has 0 bridgehead atoms. The number of nitrogens with one attached hydrogen (secondary N) is 1. The van der Waals surface area contributed by atoms with E-state index in [1.807, 2.05) is 67.6 Å². The van der Waals surface area contributed by atoms with E-state index in [0.717, 1.165) is 27.3 Å². The fourth-order valence-electron chi connectivity index (χ4n) is 3.00. The summed E-state index contributed by atoms with van der Waals surface area (Å²) in [6, 6.07) is 22.8. The lowest BCUT2D eigenvalue weighted by Gasteiger charge is -2.05. The van der Waals surface area contributed by atoms with Gasteiger partial charge in [0.15, 0.2) is 5.13 Å². The van der Waals surface area contributed by atoms with E-state index in [0.29, 0.717) is 20.7 Å². The second kappa shape index (κ2) is 8.37. The van der Waals surface area contributed by atoms with Gasteiger partial charge in [-0.1, -0.05) is 65.7 Å². The average molecular weight is 439 g/mol. The van der Waals surface area contributed by atoms with Gasteiger partial charge in [-0.15, -0.1) is 11.3 Å². The number of carbonyl (C=O) groups excluding carboxylic acids is 1. The van der Waals surface area contributed by atoms with E-state index in [4.69, 9.17) is 23.2 Å². The molecular weight excluding hydrogens is 423 g/mol. The van der Waals surface area contributed by atoms with Crippen LogP contribution in [0, 0.1) is 6.92 Å². The maximum Gasteiger partial charge on any atom is 0.257 e. The lowest BCUT2D eigenvalue weighted by atomic mass is 10.0. The van der Waals surface area contributed by atoms with E-state index in [1.54, 1.807) is 12.1 Å². The van der Waals surface area contributed by atoms with Gasteiger partial charge in [-0.25, -0.2) is 4.98 Å². The number of benzene rings is 3. The van der Waals surface area contributed by atoms with Gasteiger partial charge in [0.25, 0.3) is 5.91 Å². The minimum Gasteiger partial charge on any atom is -0.298 e. The summed E-state index contributed by atoms with van der Waals surface area (Å²) in [6.45, 7) is 1.95. The maximum absolute atomic E-state index is 12.6. The third-order valence-corrected chi connectivity index (χ3v) is 5.89. The highest BCUT2D eigenvalue weighted by atomic mass is 35.5. The summed E-state index contributed by atoms with van der Waals surface area (Å²) in [6.07, 6.45) is 0. The zero-order chi connectivity index (χ0) is 20.4. The number of amides is 1. The van der Waals surface area contributed by atoms with Crippen molar-refractivity contribution in [3.8, 4) is 22.4 Å². The minimum absolute atomic E-state index is 0.202. The number of rotatable bonds is 4. The Hall–Kier alpha value is -2.66. The minimum atomic E-state index is -0.202. The van der Waals surface area contributed by atoms with Crippen molar-refractivity contribution in [2.75, 3.05) is 5.32 Å². The first-order valence-electron chi connectivity index (χ1n) is 8.91. The number of anilines is 1. The summed E-state index contributed by atoms with van der Waals surface area (Å²) in [7, 11) is 0. The molecule has 0 saturated carbocycles. The molecule has 0 aliphatic carbocycles. The zero-order valence-electron chi connectivity index (χ0n) is 15.4. The monoisotopic (exact) mass is 438 g/mol. The number of carbonyl (C=O) groups is 1. The Morgan fingerprint density at radius 3 is 2.31 bits per heavy atom. The second-order valence-corrected chi connectivity index (χ2v) is 8.49. The molecule has 29 heavy (non-hydrogen) atoms. The molecule has 3 nitrogen and oxygen atoms in total. The molecule has 0 fully saturated rings. The topological polar surface area (TPSA) is 42.0 Å². The SMILES string of the molecule is Cc1sc(NC(=O)c2ccc(-c3ccccc3)cc2)nc1-c1ccc(Cl)cc1Cl. The lowest BCUT2D eigenvalue weighted by Crippen LogP contribution is -2.11. The predicted octanol–water partition coefficient (Wildman–Crippen LogP) is 7.34. The van der Waals surface area contributed by atoms with Crippen LogP contribution in [0.2, 0.25) is 10.0 Å². The summed E-state index contributed by atoms with van der Waals surface area (Å²) in [5.41, 5.74) is 4.28. The molecule has 0 unspecified atom stereocenters. The molecule has 0 saturated heterocycles. The van der Waals surface area contributed by atoms with Gasteiger partial charge in [0.2, 0.25) is 0 Å². The van der Waals surface area contributed by atoms with Crippen molar-refractivity contribution in [1.29, 1.82) is 0 Å². The highest BCUT2D eigenvalue weighted by Gasteiger charge is 2.15. The van der Waals surface area contributed by atoms with Gasteiger partial charge >= 0.3 is 0 Å². The largest absolute Gasteiger partial charge is 0.298 e. The van der Waals surface area contributed by atoms with Gasteiger partial charge in [-0.2, -0.15) is 0 Å². The number of thiazole rings is 1. The summed E-state index contributed by atoms with van der Waals surface area (Å²) in [5.74, 6) is -0.202. The van der Waals surface area contributed by atoms with Gasteiger partial charge in [0.1, 0.15) is 0 Å². The van der Waals surface area contributed by atoms with Crippen LogP contribution in [-0.4, -0.2) is 10.9 Å². The van der Waals surface area contributed by atoms with Crippen LogP contribution < -0.4 is 5.32 Å². The van der Waals surface area contributed by atoms with Gasteiger partial charge in [-0.05, 0) is 48.4 Å². The molecule has 1 heterocycles. The van der Waals surface area contributed by atoms with E-state index in [2.05, 4.69) is 10.3 Å². The van der Waals surface area contributed by atoms with Gasteiger partial charge < -0.3 is 0 Å². The number of halogens is 2. The molecule has 1 amide bonds. The number of hydrogen-bond acceptors (Lipinski definition) is 3. The first-order chi connectivity index (χ1) is 14.0. The standard InChI is InChI=1S/C23H16Cl2N2OS/c1-14-21(19-12-11-18(24)13-20(19)25)26-23(29-14)27-22(28)17-9-7-16(8-10-17)15-5-3-2-4-6-15/h2-13H,1H3,(H,26,27,28). The van der Waals surface area contributed by atoms with Crippen LogP contribution in [0.25, 0.3) is 22.4 Å². The molecule has 0 radical (unpaired) electrons. The first kappa shape index (κ1) is 19.6. The maximum atomic E-state index is 12.6. The fourth-order valence-corrected chi connectivity index (χ4v) is 4.32. The molecule has 144 valence electrons. The van der Waals surface area contributed by atoms with Crippen molar-refractivity contribution in [3.63, 3.8) is 0 Å². The van der Waals surface area contributed by atoms with Gasteiger partial charge in [-0.3, -0.25) is 10.1 Å². The third kappa shape index (κ3) is 4.35. The molecule has 6 heteroatoms. The Labute approximate surface area is 183 Å². The van der Waals surface area contributed by atoms with Crippen LogP contribution in [0.4, 0.5) is 5.13 Å². The van der Waals surface area contributed by atoms with Crippen molar-refractivity contribution in [1.82, 2.24) is 4.98 Å². The highest BCUT2D eigenvalue weighted by Crippen LogP contribution is 2.35. The number of aryl methyl sites for hydroxylation is 1. The van der Waals surface area contributed by atoms with Crippen LogP contribution in [0.3, 0.4) is 0 Å². The summed E-state index contributed by atoms with van der Waals surface area (Å²) in [5, 5.41) is 4.50. The molecule has 0 aliphatic heterocycles. The third-order valence-electron chi connectivity index (χ3n) is 4.46. The van der Waals surface area contributed by atoms with E-state index in [1.165, 1.54) is 11.3 Å². The second-order valence-electron chi connectivity index (χ2n) is 6.45. The molecule has 1 N–H and O–H groups in total. The molecule has 3 aromatic carbocycles. The number of hydrogen-bond donors (Lipinski definition) is 1. The molecule has 1 aromatic heterocycles. The van der Waals surface area contributed by atoms with E-state index >= 15 is 0 Å². The van der Waals surface area contributed by atoms with Crippen LogP contribution in [0.1, 0.15) is 15.2 Å².